The minimum Gasteiger partial charge on any atom is -0.490 e. The molecule has 0 heterocycles. The maximum Gasteiger partial charge on any atom is 0.271 e. The lowest BCUT2D eigenvalue weighted by atomic mass is 10.2. The van der Waals surface area contributed by atoms with E-state index in [0.717, 1.165) is 12.8 Å². The van der Waals surface area contributed by atoms with Crippen LogP contribution in [0.5, 0.6) is 11.5 Å². The van der Waals surface area contributed by atoms with Gasteiger partial charge in [0.1, 0.15) is 0 Å². The fourth-order valence-electron chi connectivity index (χ4n) is 2.60. The minimum atomic E-state index is -0.332. The zero-order valence-corrected chi connectivity index (χ0v) is 18.2. The molecule has 2 rings (SSSR count). The summed E-state index contributed by atoms with van der Waals surface area (Å²) in [7, 11) is 0. The van der Waals surface area contributed by atoms with Gasteiger partial charge in [-0.25, -0.2) is 5.43 Å². The maximum absolute atomic E-state index is 12.1. The number of unbranched alkanes of at least 4 members (excludes halogenated alkanes) is 3. The van der Waals surface area contributed by atoms with Crippen LogP contribution in [0.1, 0.15) is 55.5 Å². The van der Waals surface area contributed by atoms with Crippen LogP contribution in [0.15, 0.2) is 41.5 Å². The number of ether oxygens (including phenoxy) is 2. The maximum atomic E-state index is 12.1. The molecule has 0 atom stereocenters. The number of nitrogens with one attached hydrogen (secondary N) is 1. The molecule has 0 radical (unpaired) electrons. The Bertz CT molecular complexity index is 824. The number of amides is 1. The zero-order valence-electron chi connectivity index (χ0n) is 16.7. The number of carbonyl (C=O) groups excluding carboxylic acids is 1. The normalized spacial score (nSPS) is 10.9. The highest BCUT2D eigenvalue weighted by Crippen LogP contribution is 2.36. The van der Waals surface area contributed by atoms with Crippen LogP contribution in [0.25, 0.3) is 0 Å². The quantitative estimate of drug-likeness (QED) is 0.262. The molecule has 0 aliphatic carbocycles. The summed E-state index contributed by atoms with van der Waals surface area (Å²) in [6, 6.07) is 10.1. The third-order valence-electron chi connectivity index (χ3n) is 4.06. The van der Waals surface area contributed by atoms with Gasteiger partial charge >= 0.3 is 0 Å². The van der Waals surface area contributed by atoms with E-state index in [4.69, 9.17) is 32.7 Å². The Morgan fingerprint density at radius 2 is 1.83 bits per heavy atom. The monoisotopic (exact) mass is 436 g/mol. The van der Waals surface area contributed by atoms with Crippen molar-refractivity contribution in [3.8, 4) is 11.5 Å². The summed E-state index contributed by atoms with van der Waals surface area (Å²) in [6.45, 7) is 5.13. The molecule has 0 bridgehead atoms. The Kier molecular flexibility index (Phi) is 9.81. The molecule has 0 aliphatic heterocycles. The Balaban J connectivity index is 2.03. The van der Waals surface area contributed by atoms with Gasteiger partial charge in [0, 0.05) is 10.6 Å². The van der Waals surface area contributed by atoms with Crippen molar-refractivity contribution in [2.24, 2.45) is 5.10 Å². The Hall–Kier alpha value is -2.24. The van der Waals surface area contributed by atoms with Crippen molar-refractivity contribution in [2.75, 3.05) is 13.2 Å². The lowest BCUT2D eigenvalue weighted by Gasteiger charge is -2.14. The van der Waals surface area contributed by atoms with Gasteiger partial charge in [0.2, 0.25) is 0 Å². The van der Waals surface area contributed by atoms with Gasteiger partial charge < -0.3 is 9.47 Å². The van der Waals surface area contributed by atoms with E-state index in [1.165, 1.54) is 19.1 Å². The molecule has 0 unspecified atom stereocenters. The summed E-state index contributed by atoms with van der Waals surface area (Å²) < 4.78 is 11.5. The van der Waals surface area contributed by atoms with Crippen molar-refractivity contribution in [2.45, 2.75) is 39.5 Å². The summed E-state index contributed by atoms with van der Waals surface area (Å²) in [4.78, 5) is 12.1. The van der Waals surface area contributed by atoms with E-state index in [1.54, 1.807) is 36.4 Å². The first-order chi connectivity index (χ1) is 14.0. The van der Waals surface area contributed by atoms with E-state index in [9.17, 15) is 4.79 Å². The zero-order chi connectivity index (χ0) is 21.1. The number of hydrogen-bond acceptors (Lipinski definition) is 4. The van der Waals surface area contributed by atoms with Crippen molar-refractivity contribution < 1.29 is 14.3 Å². The van der Waals surface area contributed by atoms with Crippen LogP contribution in [0, 0.1) is 0 Å². The summed E-state index contributed by atoms with van der Waals surface area (Å²) in [5.74, 6) is 0.759. The molecule has 0 saturated heterocycles. The highest BCUT2D eigenvalue weighted by atomic mass is 35.5. The van der Waals surface area contributed by atoms with E-state index in [1.807, 2.05) is 6.92 Å². The highest BCUT2D eigenvalue weighted by molar-refractivity contribution is 6.32. The van der Waals surface area contributed by atoms with Crippen LogP contribution in [-0.2, 0) is 0 Å². The van der Waals surface area contributed by atoms with Crippen LogP contribution >= 0.6 is 23.2 Å². The Labute approximate surface area is 182 Å². The Morgan fingerprint density at radius 1 is 1.07 bits per heavy atom. The molecule has 0 aliphatic rings. The van der Waals surface area contributed by atoms with E-state index >= 15 is 0 Å². The van der Waals surface area contributed by atoms with Crippen LogP contribution in [0.4, 0.5) is 0 Å². The average Bonchev–Trinajstić information content (AvgIpc) is 2.70. The van der Waals surface area contributed by atoms with Crippen molar-refractivity contribution in [3.63, 3.8) is 0 Å². The third-order valence-corrected chi connectivity index (χ3v) is 4.59. The average molecular weight is 437 g/mol. The van der Waals surface area contributed by atoms with Gasteiger partial charge in [0.15, 0.2) is 11.5 Å². The van der Waals surface area contributed by atoms with E-state index in [2.05, 4.69) is 17.5 Å². The summed E-state index contributed by atoms with van der Waals surface area (Å²) >= 11 is 12.2. The first-order valence-corrected chi connectivity index (χ1v) is 10.5. The molecule has 0 aromatic heterocycles. The first kappa shape index (κ1) is 23.0. The number of hydrazone groups is 1. The molecule has 0 fully saturated rings. The Morgan fingerprint density at radius 3 is 2.52 bits per heavy atom. The van der Waals surface area contributed by atoms with Gasteiger partial charge in [-0.05, 0) is 55.3 Å². The smallest absolute Gasteiger partial charge is 0.271 e. The molecule has 0 saturated carbocycles. The van der Waals surface area contributed by atoms with Gasteiger partial charge in [0.05, 0.1) is 24.5 Å². The first-order valence-electron chi connectivity index (χ1n) is 9.73. The fraction of sp³-hybridized carbons (Fsp3) is 0.364. The van der Waals surface area contributed by atoms with Gasteiger partial charge in [-0.3, -0.25) is 4.79 Å². The summed E-state index contributed by atoms with van der Waals surface area (Å²) in [5.41, 5.74) is 3.63. The van der Waals surface area contributed by atoms with E-state index in [-0.39, 0.29) is 5.91 Å². The SMILES string of the molecule is CCCCCCOc1c(Cl)cc(/C=N/NC(=O)c2ccc(Cl)cc2)cc1OCC. The summed E-state index contributed by atoms with van der Waals surface area (Å²) in [5, 5.41) is 5.00. The number of nitrogens with zero attached hydrogens (tertiary/aromatic N) is 1. The van der Waals surface area contributed by atoms with Gasteiger partial charge in [0.25, 0.3) is 5.91 Å². The second-order valence-corrected chi connectivity index (χ2v) is 7.22. The van der Waals surface area contributed by atoms with Crippen molar-refractivity contribution in [1.29, 1.82) is 0 Å². The van der Waals surface area contributed by atoms with Crippen LogP contribution < -0.4 is 14.9 Å². The number of benzene rings is 2. The van der Waals surface area contributed by atoms with Crippen molar-refractivity contribution in [3.05, 3.63) is 57.6 Å². The number of hydrogen-bond donors (Lipinski definition) is 1. The van der Waals surface area contributed by atoms with Crippen LogP contribution in [0.2, 0.25) is 10.0 Å². The van der Waals surface area contributed by atoms with Crippen LogP contribution in [0.3, 0.4) is 0 Å². The molecule has 5 nitrogen and oxygen atoms in total. The standard InChI is InChI=1S/C22H26Cl2N2O3/c1-3-5-6-7-12-29-21-19(24)13-16(14-20(21)28-4-2)15-25-26-22(27)17-8-10-18(23)11-9-17/h8-11,13-15H,3-7,12H2,1-2H3,(H,26,27)/b25-15+. The number of halogens is 2. The van der Waals surface area contributed by atoms with Crippen LogP contribution in [-0.4, -0.2) is 25.3 Å². The lowest BCUT2D eigenvalue weighted by molar-refractivity contribution is 0.0955. The molecular weight excluding hydrogens is 411 g/mol. The molecule has 7 heteroatoms. The van der Waals surface area contributed by atoms with E-state index in [0.29, 0.717) is 45.9 Å². The van der Waals surface area contributed by atoms with Gasteiger partial charge in [-0.15, -0.1) is 0 Å². The predicted molar refractivity (Wildman–Crippen MR) is 119 cm³/mol. The van der Waals surface area contributed by atoms with Gasteiger partial charge in [-0.2, -0.15) is 5.10 Å². The molecule has 156 valence electrons. The largest absolute Gasteiger partial charge is 0.490 e. The highest BCUT2D eigenvalue weighted by Gasteiger charge is 2.12. The predicted octanol–water partition coefficient (Wildman–Crippen LogP) is 6.12. The molecule has 29 heavy (non-hydrogen) atoms. The summed E-state index contributed by atoms with van der Waals surface area (Å²) in [6.07, 6.45) is 5.96. The second-order valence-electron chi connectivity index (χ2n) is 6.38. The molecule has 2 aromatic rings. The van der Waals surface area contributed by atoms with Crippen molar-refractivity contribution >= 4 is 35.3 Å². The van der Waals surface area contributed by atoms with E-state index < -0.39 is 0 Å². The molecule has 0 spiro atoms. The lowest BCUT2D eigenvalue weighted by Crippen LogP contribution is -2.17. The topological polar surface area (TPSA) is 59.9 Å². The molecule has 2 aromatic carbocycles. The fourth-order valence-corrected chi connectivity index (χ4v) is 3.00. The number of carbonyl (C=O) groups is 1. The van der Waals surface area contributed by atoms with Crippen molar-refractivity contribution in [1.82, 2.24) is 5.43 Å². The second kappa shape index (κ2) is 12.3. The number of rotatable bonds is 11. The minimum absolute atomic E-state index is 0.332. The molecular formula is C22H26Cl2N2O3. The molecule has 1 N–H and O–H groups in total. The van der Waals surface area contributed by atoms with Gasteiger partial charge in [-0.1, -0.05) is 49.4 Å². The third kappa shape index (κ3) is 7.59. The molecule has 1 amide bonds.